The molecular formula is C17H13NO6S. The van der Waals surface area contributed by atoms with Crippen LogP contribution in [-0.4, -0.2) is 15.2 Å². The topological polar surface area (TPSA) is 94.8 Å². The van der Waals surface area contributed by atoms with E-state index in [0.717, 1.165) is 5.56 Å². The van der Waals surface area contributed by atoms with Crippen molar-refractivity contribution in [2.75, 3.05) is 6.79 Å². The van der Waals surface area contributed by atoms with Gasteiger partial charge in [0.1, 0.15) is 5.58 Å². The molecular weight excluding hydrogens is 346 g/mol. The van der Waals surface area contributed by atoms with E-state index in [9.17, 15) is 13.2 Å². The van der Waals surface area contributed by atoms with Gasteiger partial charge in [-0.3, -0.25) is 0 Å². The lowest BCUT2D eigenvalue weighted by Gasteiger charge is -2.08. The van der Waals surface area contributed by atoms with Gasteiger partial charge in [0, 0.05) is 18.0 Å². The van der Waals surface area contributed by atoms with E-state index in [1.807, 2.05) is 0 Å². The molecule has 25 heavy (non-hydrogen) atoms. The maximum absolute atomic E-state index is 12.5. The molecule has 0 saturated carbocycles. The number of sulfonamides is 1. The third-order valence-corrected chi connectivity index (χ3v) is 5.20. The molecule has 0 saturated heterocycles. The van der Waals surface area contributed by atoms with Gasteiger partial charge >= 0.3 is 5.63 Å². The Hall–Kier alpha value is -2.84. The van der Waals surface area contributed by atoms with Crippen LogP contribution in [0.4, 0.5) is 0 Å². The van der Waals surface area contributed by atoms with Crippen LogP contribution >= 0.6 is 0 Å². The lowest BCUT2D eigenvalue weighted by Crippen LogP contribution is -2.23. The van der Waals surface area contributed by atoms with Crippen molar-refractivity contribution in [3.8, 4) is 11.5 Å². The molecule has 1 aliphatic heterocycles. The molecule has 1 aromatic heterocycles. The van der Waals surface area contributed by atoms with E-state index in [2.05, 4.69) is 4.72 Å². The van der Waals surface area contributed by atoms with Crippen molar-refractivity contribution < 1.29 is 22.3 Å². The number of hydrogen-bond acceptors (Lipinski definition) is 6. The maximum atomic E-state index is 12.5. The smallest absolute Gasteiger partial charge is 0.336 e. The molecule has 0 unspecified atom stereocenters. The Balaban J connectivity index is 1.57. The third-order valence-electron chi connectivity index (χ3n) is 3.80. The first kappa shape index (κ1) is 15.7. The summed E-state index contributed by atoms with van der Waals surface area (Å²) < 4.78 is 43.0. The van der Waals surface area contributed by atoms with Gasteiger partial charge in [-0.15, -0.1) is 0 Å². The Morgan fingerprint density at radius 1 is 0.960 bits per heavy atom. The van der Waals surface area contributed by atoms with Crippen molar-refractivity contribution in [3.05, 3.63) is 64.5 Å². The quantitative estimate of drug-likeness (QED) is 0.716. The van der Waals surface area contributed by atoms with Gasteiger partial charge in [-0.2, -0.15) is 0 Å². The van der Waals surface area contributed by atoms with Crippen LogP contribution in [-0.2, 0) is 16.6 Å². The SMILES string of the molecule is O=c1ccc2cc(S(=O)(=O)NCc3ccc4c(c3)OCO4)ccc2o1. The Kier molecular flexibility index (Phi) is 3.70. The maximum Gasteiger partial charge on any atom is 0.336 e. The lowest BCUT2D eigenvalue weighted by molar-refractivity contribution is 0.174. The van der Waals surface area contributed by atoms with Crippen molar-refractivity contribution in [2.45, 2.75) is 11.4 Å². The molecule has 0 spiro atoms. The fourth-order valence-corrected chi connectivity index (χ4v) is 3.58. The van der Waals surface area contributed by atoms with Gasteiger partial charge in [0.05, 0.1) is 4.90 Å². The minimum Gasteiger partial charge on any atom is -0.454 e. The average Bonchev–Trinajstić information content (AvgIpc) is 3.07. The minimum atomic E-state index is -3.72. The Labute approximate surface area is 142 Å². The van der Waals surface area contributed by atoms with E-state index < -0.39 is 15.6 Å². The van der Waals surface area contributed by atoms with Crippen LogP contribution < -0.4 is 19.8 Å². The predicted molar refractivity (Wildman–Crippen MR) is 89.1 cm³/mol. The van der Waals surface area contributed by atoms with E-state index in [-0.39, 0.29) is 18.2 Å². The summed E-state index contributed by atoms with van der Waals surface area (Å²) in [7, 11) is -3.72. The van der Waals surface area contributed by atoms with Crippen molar-refractivity contribution in [3.63, 3.8) is 0 Å². The van der Waals surface area contributed by atoms with Crippen LogP contribution in [0.25, 0.3) is 11.0 Å². The highest BCUT2D eigenvalue weighted by molar-refractivity contribution is 7.89. The fraction of sp³-hybridized carbons (Fsp3) is 0.118. The number of hydrogen-bond donors (Lipinski definition) is 1. The molecule has 3 aromatic rings. The van der Waals surface area contributed by atoms with E-state index in [1.165, 1.54) is 30.3 Å². The highest BCUT2D eigenvalue weighted by atomic mass is 32.2. The highest BCUT2D eigenvalue weighted by Crippen LogP contribution is 2.32. The van der Waals surface area contributed by atoms with E-state index in [1.54, 1.807) is 18.2 Å². The molecule has 0 aliphatic carbocycles. The zero-order valence-electron chi connectivity index (χ0n) is 12.9. The number of ether oxygens (including phenoxy) is 2. The number of benzene rings is 2. The zero-order chi connectivity index (χ0) is 17.4. The van der Waals surface area contributed by atoms with Crippen molar-refractivity contribution >= 4 is 21.0 Å². The van der Waals surface area contributed by atoms with E-state index >= 15 is 0 Å². The first-order valence-electron chi connectivity index (χ1n) is 7.43. The monoisotopic (exact) mass is 359 g/mol. The average molecular weight is 359 g/mol. The van der Waals surface area contributed by atoms with Crippen LogP contribution in [0.1, 0.15) is 5.56 Å². The van der Waals surface area contributed by atoms with Gasteiger partial charge in [0.15, 0.2) is 11.5 Å². The summed E-state index contributed by atoms with van der Waals surface area (Å²) in [6.07, 6.45) is 0. The molecule has 1 aliphatic rings. The normalized spacial score (nSPS) is 13.3. The Bertz CT molecular complexity index is 1120. The minimum absolute atomic E-state index is 0.0922. The third kappa shape index (κ3) is 3.09. The number of rotatable bonds is 4. The largest absolute Gasteiger partial charge is 0.454 e. The van der Waals surface area contributed by atoms with Gasteiger partial charge in [-0.25, -0.2) is 17.9 Å². The lowest BCUT2D eigenvalue weighted by atomic mass is 10.2. The van der Waals surface area contributed by atoms with Gasteiger partial charge in [-0.1, -0.05) is 6.07 Å². The highest BCUT2D eigenvalue weighted by Gasteiger charge is 2.17. The summed E-state index contributed by atoms with van der Waals surface area (Å²) in [6, 6.07) is 12.3. The van der Waals surface area contributed by atoms with Crippen molar-refractivity contribution in [1.82, 2.24) is 4.72 Å². The molecule has 8 heteroatoms. The first-order valence-corrected chi connectivity index (χ1v) is 8.92. The van der Waals surface area contributed by atoms with Crippen molar-refractivity contribution in [2.24, 2.45) is 0 Å². The molecule has 0 atom stereocenters. The van der Waals surface area contributed by atoms with Crippen LogP contribution in [0.2, 0.25) is 0 Å². The zero-order valence-corrected chi connectivity index (χ0v) is 13.7. The van der Waals surface area contributed by atoms with Gasteiger partial charge in [-0.05, 0) is 42.0 Å². The molecule has 4 rings (SSSR count). The number of nitrogens with one attached hydrogen (secondary N) is 1. The summed E-state index contributed by atoms with van der Waals surface area (Å²) >= 11 is 0. The summed E-state index contributed by atoms with van der Waals surface area (Å²) in [6.45, 7) is 0.276. The van der Waals surface area contributed by atoms with Crippen LogP contribution in [0, 0.1) is 0 Å². The molecule has 0 radical (unpaired) electrons. The Morgan fingerprint density at radius 3 is 2.68 bits per heavy atom. The van der Waals surface area contributed by atoms with E-state index in [4.69, 9.17) is 13.9 Å². The molecule has 1 N–H and O–H groups in total. The van der Waals surface area contributed by atoms with Gasteiger partial charge in [0.2, 0.25) is 16.8 Å². The summed E-state index contributed by atoms with van der Waals surface area (Å²) in [5, 5.41) is 0.533. The molecule has 2 aromatic carbocycles. The molecule has 0 bridgehead atoms. The standard InChI is InChI=1S/C17H13NO6S/c19-17-6-2-12-8-13(3-5-14(12)24-17)25(20,21)18-9-11-1-4-15-16(7-11)23-10-22-15/h1-8,18H,9-10H2. The summed E-state index contributed by atoms with van der Waals surface area (Å²) in [5.41, 5.74) is 0.603. The fourth-order valence-electron chi connectivity index (χ4n) is 2.53. The first-order chi connectivity index (χ1) is 12.0. The molecule has 0 amide bonds. The predicted octanol–water partition coefficient (Wildman–Crippen LogP) is 2.00. The van der Waals surface area contributed by atoms with E-state index in [0.29, 0.717) is 22.5 Å². The molecule has 7 nitrogen and oxygen atoms in total. The second kappa shape index (κ2) is 5.91. The second-order valence-corrected chi connectivity index (χ2v) is 7.23. The molecule has 128 valence electrons. The van der Waals surface area contributed by atoms with Crippen LogP contribution in [0.5, 0.6) is 11.5 Å². The summed E-state index contributed by atoms with van der Waals surface area (Å²) in [5.74, 6) is 1.24. The van der Waals surface area contributed by atoms with Gasteiger partial charge in [0.25, 0.3) is 0 Å². The second-order valence-electron chi connectivity index (χ2n) is 5.47. The van der Waals surface area contributed by atoms with Crippen molar-refractivity contribution in [1.29, 1.82) is 0 Å². The molecule has 0 fully saturated rings. The summed E-state index contributed by atoms with van der Waals surface area (Å²) in [4.78, 5) is 11.3. The van der Waals surface area contributed by atoms with Crippen LogP contribution in [0.3, 0.4) is 0 Å². The van der Waals surface area contributed by atoms with Gasteiger partial charge < -0.3 is 13.9 Å². The van der Waals surface area contributed by atoms with Crippen LogP contribution in [0.15, 0.2) is 62.6 Å². The molecule has 2 heterocycles. The number of fused-ring (bicyclic) bond motifs is 2. The Morgan fingerprint density at radius 2 is 1.80 bits per heavy atom.